The van der Waals surface area contributed by atoms with Crippen molar-refractivity contribution in [3.8, 4) is 5.75 Å². The Kier molecular flexibility index (Phi) is 5.09. The van der Waals surface area contributed by atoms with Gasteiger partial charge in [-0.2, -0.15) is 0 Å². The lowest BCUT2D eigenvalue weighted by Crippen LogP contribution is -2.30. The van der Waals surface area contributed by atoms with Crippen LogP contribution in [0.5, 0.6) is 5.75 Å². The molecule has 106 valence electrons. The third-order valence-electron chi connectivity index (χ3n) is 3.00. The quantitative estimate of drug-likeness (QED) is 0.626. The first-order valence-corrected chi connectivity index (χ1v) is 6.82. The first-order valence-electron chi connectivity index (χ1n) is 6.82. The highest BCUT2D eigenvalue weighted by molar-refractivity contribution is 5.36. The second-order valence-electron chi connectivity index (χ2n) is 4.95. The lowest BCUT2D eigenvalue weighted by Gasteiger charge is -2.21. The van der Waals surface area contributed by atoms with E-state index in [2.05, 4.69) is 10.4 Å². The standard InChI is InChI=1S/C16H21N3O/c1-12(2)20-16-9-4-3-8-14(16)15(19-17)11-13-7-5-6-10-18-13/h3-10,12,15,19H,11,17H2,1-2H3. The van der Waals surface area contributed by atoms with E-state index in [-0.39, 0.29) is 12.1 Å². The number of pyridine rings is 1. The van der Waals surface area contributed by atoms with E-state index in [1.165, 1.54) is 0 Å². The molecule has 0 fully saturated rings. The van der Waals surface area contributed by atoms with Gasteiger partial charge in [0.05, 0.1) is 12.1 Å². The van der Waals surface area contributed by atoms with E-state index < -0.39 is 0 Å². The fraction of sp³-hybridized carbons (Fsp3) is 0.312. The van der Waals surface area contributed by atoms with Gasteiger partial charge in [0.15, 0.2) is 0 Å². The molecular formula is C16H21N3O. The molecule has 0 spiro atoms. The minimum absolute atomic E-state index is 0.0279. The number of rotatable bonds is 6. The predicted octanol–water partition coefficient (Wildman–Crippen LogP) is 2.62. The Morgan fingerprint density at radius 3 is 2.55 bits per heavy atom. The molecular weight excluding hydrogens is 250 g/mol. The first kappa shape index (κ1) is 14.5. The summed E-state index contributed by atoms with van der Waals surface area (Å²) in [6, 6.07) is 13.8. The number of nitrogens with one attached hydrogen (secondary N) is 1. The maximum Gasteiger partial charge on any atom is 0.124 e. The van der Waals surface area contributed by atoms with Crippen LogP contribution in [0.15, 0.2) is 48.7 Å². The summed E-state index contributed by atoms with van der Waals surface area (Å²) in [5.74, 6) is 6.58. The monoisotopic (exact) mass is 271 g/mol. The van der Waals surface area contributed by atoms with Crippen LogP contribution in [-0.2, 0) is 6.42 Å². The minimum Gasteiger partial charge on any atom is -0.491 e. The fourth-order valence-corrected chi connectivity index (χ4v) is 2.12. The van der Waals surface area contributed by atoms with Crippen LogP contribution in [0.2, 0.25) is 0 Å². The van der Waals surface area contributed by atoms with Crippen LogP contribution in [0.25, 0.3) is 0 Å². The number of ether oxygens (including phenoxy) is 1. The molecule has 1 aromatic carbocycles. The number of para-hydroxylation sites is 1. The molecule has 0 aliphatic rings. The van der Waals surface area contributed by atoms with Gasteiger partial charge in [0.2, 0.25) is 0 Å². The lowest BCUT2D eigenvalue weighted by molar-refractivity contribution is 0.237. The Bertz CT molecular complexity index is 528. The van der Waals surface area contributed by atoms with Crippen LogP contribution < -0.4 is 16.0 Å². The van der Waals surface area contributed by atoms with Crippen LogP contribution in [0.3, 0.4) is 0 Å². The van der Waals surface area contributed by atoms with Crippen molar-refractivity contribution in [3.05, 3.63) is 59.9 Å². The van der Waals surface area contributed by atoms with E-state index in [0.29, 0.717) is 0 Å². The summed E-state index contributed by atoms with van der Waals surface area (Å²) in [6.07, 6.45) is 2.64. The van der Waals surface area contributed by atoms with E-state index in [1.54, 1.807) is 6.20 Å². The summed E-state index contributed by atoms with van der Waals surface area (Å²) in [6.45, 7) is 4.03. The van der Waals surface area contributed by atoms with Gasteiger partial charge in [0.1, 0.15) is 5.75 Å². The molecule has 3 N–H and O–H groups in total. The maximum absolute atomic E-state index is 5.85. The summed E-state index contributed by atoms with van der Waals surface area (Å²) < 4.78 is 5.85. The van der Waals surface area contributed by atoms with Gasteiger partial charge in [-0.3, -0.25) is 16.3 Å². The number of nitrogens with zero attached hydrogens (tertiary/aromatic N) is 1. The number of aromatic nitrogens is 1. The van der Waals surface area contributed by atoms with Crippen molar-refractivity contribution in [2.24, 2.45) is 5.84 Å². The van der Waals surface area contributed by atoms with Crippen LogP contribution in [0, 0.1) is 0 Å². The summed E-state index contributed by atoms with van der Waals surface area (Å²) in [5, 5.41) is 0. The normalized spacial score (nSPS) is 12.4. The van der Waals surface area contributed by atoms with Gasteiger partial charge in [-0.05, 0) is 32.0 Å². The van der Waals surface area contributed by atoms with Gasteiger partial charge < -0.3 is 4.74 Å². The van der Waals surface area contributed by atoms with Gasteiger partial charge in [-0.15, -0.1) is 0 Å². The van der Waals surface area contributed by atoms with Crippen molar-refractivity contribution in [2.75, 3.05) is 0 Å². The highest BCUT2D eigenvalue weighted by Crippen LogP contribution is 2.27. The van der Waals surface area contributed by atoms with Crippen LogP contribution in [-0.4, -0.2) is 11.1 Å². The molecule has 2 aromatic rings. The molecule has 2 rings (SSSR count). The molecule has 1 heterocycles. The topological polar surface area (TPSA) is 60.2 Å². The van der Waals surface area contributed by atoms with Crippen molar-refractivity contribution in [3.63, 3.8) is 0 Å². The number of nitrogens with two attached hydrogens (primary N) is 1. The molecule has 1 unspecified atom stereocenters. The minimum atomic E-state index is -0.0279. The predicted molar refractivity (Wildman–Crippen MR) is 80.2 cm³/mol. The van der Waals surface area contributed by atoms with Gasteiger partial charge in [-0.1, -0.05) is 24.3 Å². The zero-order chi connectivity index (χ0) is 14.4. The second kappa shape index (κ2) is 7.03. The SMILES string of the molecule is CC(C)Oc1ccccc1C(Cc1ccccn1)NN. The maximum atomic E-state index is 5.85. The van der Waals surface area contributed by atoms with Crippen molar-refractivity contribution < 1.29 is 4.74 Å². The Balaban J connectivity index is 2.23. The fourth-order valence-electron chi connectivity index (χ4n) is 2.12. The molecule has 4 nitrogen and oxygen atoms in total. The van der Waals surface area contributed by atoms with E-state index >= 15 is 0 Å². The number of hydrogen-bond donors (Lipinski definition) is 2. The van der Waals surface area contributed by atoms with Crippen molar-refractivity contribution in [1.29, 1.82) is 0 Å². The van der Waals surface area contributed by atoms with Gasteiger partial charge in [0, 0.05) is 23.9 Å². The zero-order valence-corrected chi connectivity index (χ0v) is 11.9. The number of hydrazine groups is 1. The molecule has 1 aromatic heterocycles. The van der Waals surface area contributed by atoms with E-state index in [0.717, 1.165) is 23.4 Å². The van der Waals surface area contributed by atoms with Crippen molar-refractivity contribution >= 4 is 0 Å². The highest BCUT2D eigenvalue weighted by Gasteiger charge is 2.16. The van der Waals surface area contributed by atoms with Gasteiger partial charge in [-0.25, -0.2) is 0 Å². The van der Waals surface area contributed by atoms with Crippen molar-refractivity contribution in [2.45, 2.75) is 32.4 Å². The van der Waals surface area contributed by atoms with E-state index in [9.17, 15) is 0 Å². The molecule has 0 saturated carbocycles. The first-order chi connectivity index (χ1) is 9.70. The van der Waals surface area contributed by atoms with Gasteiger partial charge >= 0.3 is 0 Å². The van der Waals surface area contributed by atoms with Crippen LogP contribution in [0.1, 0.15) is 31.1 Å². The second-order valence-corrected chi connectivity index (χ2v) is 4.95. The third-order valence-corrected chi connectivity index (χ3v) is 3.00. The van der Waals surface area contributed by atoms with Crippen molar-refractivity contribution in [1.82, 2.24) is 10.4 Å². The largest absolute Gasteiger partial charge is 0.491 e. The lowest BCUT2D eigenvalue weighted by atomic mass is 10.0. The van der Waals surface area contributed by atoms with E-state index in [1.807, 2.05) is 56.3 Å². The van der Waals surface area contributed by atoms with Crippen LogP contribution >= 0.6 is 0 Å². The average Bonchev–Trinajstić information content (AvgIpc) is 2.46. The summed E-state index contributed by atoms with van der Waals surface area (Å²) in [4.78, 5) is 4.35. The number of hydrogen-bond acceptors (Lipinski definition) is 4. The Hall–Kier alpha value is -1.91. The third kappa shape index (κ3) is 3.79. The zero-order valence-electron chi connectivity index (χ0n) is 11.9. The average molecular weight is 271 g/mol. The molecule has 1 atom stereocenters. The molecule has 0 bridgehead atoms. The summed E-state index contributed by atoms with van der Waals surface area (Å²) in [7, 11) is 0. The van der Waals surface area contributed by atoms with E-state index in [4.69, 9.17) is 10.6 Å². The Morgan fingerprint density at radius 1 is 1.15 bits per heavy atom. The molecule has 0 saturated heterocycles. The Labute approximate surface area is 120 Å². The Morgan fingerprint density at radius 2 is 1.90 bits per heavy atom. The van der Waals surface area contributed by atoms with Crippen LogP contribution in [0.4, 0.5) is 0 Å². The highest BCUT2D eigenvalue weighted by atomic mass is 16.5. The number of benzene rings is 1. The molecule has 0 aliphatic carbocycles. The molecule has 0 amide bonds. The molecule has 0 radical (unpaired) electrons. The smallest absolute Gasteiger partial charge is 0.124 e. The van der Waals surface area contributed by atoms with Gasteiger partial charge in [0.25, 0.3) is 0 Å². The summed E-state index contributed by atoms with van der Waals surface area (Å²) >= 11 is 0. The molecule has 4 heteroatoms. The molecule has 20 heavy (non-hydrogen) atoms. The summed E-state index contributed by atoms with van der Waals surface area (Å²) in [5.41, 5.74) is 4.91. The molecule has 0 aliphatic heterocycles.